The molecule has 9 aromatic carbocycles. The van der Waals surface area contributed by atoms with Gasteiger partial charge in [0.05, 0.1) is 16.8 Å². The smallest absolute Gasteiger partial charge is 0.160 e. The van der Waals surface area contributed by atoms with Crippen molar-refractivity contribution in [2.45, 2.75) is 5.41 Å². The van der Waals surface area contributed by atoms with Crippen LogP contribution in [0.25, 0.3) is 89.2 Å². The van der Waals surface area contributed by atoms with Crippen LogP contribution in [0.2, 0.25) is 0 Å². The summed E-state index contributed by atoms with van der Waals surface area (Å²) in [6.07, 6.45) is 0. The molecule has 0 aliphatic heterocycles. The number of para-hydroxylation sites is 1. The van der Waals surface area contributed by atoms with Crippen LogP contribution in [0.5, 0.6) is 0 Å². The largest absolute Gasteiger partial charge is 0.456 e. The number of nitrogens with zero attached hydrogens (tertiary/aromatic N) is 2. The number of benzene rings is 9. The van der Waals surface area contributed by atoms with Gasteiger partial charge in [0.2, 0.25) is 0 Å². The van der Waals surface area contributed by atoms with E-state index < -0.39 is 5.41 Å². The lowest BCUT2D eigenvalue weighted by molar-refractivity contribution is 0.669. The van der Waals surface area contributed by atoms with Gasteiger partial charge >= 0.3 is 0 Å². The molecule has 2 aromatic heterocycles. The van der Waals surface area contributed by atoms with Crippen LogP contribution in [0, 0.1) is 0 Å². The molecule has 0 spiro atoms. The topological polar surface area (TPSA) is 38.9 Å². The molecule has 1 aliphatic rings. The third-order valence-corrected chi connectivity index (χ3v) is 12.6. The fourth-order valence-corrected chi connectivity index (χ4v) is 9.76. The minimum atomic E-state index is -0.529. The zero-order valence-electron chi connectivity index (χ0n) is 33.7. The Bertz CT molecular complexity index is 3410. The normalized spacial score (nSPS) is 12.6. The molecule has 290 valence electrons. The van der Waals surface area contributed by atoms with Gasteiger partial charge in [-0.15, -0.1) is 0 Å². The zero-order valence-corrected chi connectivity index (χ0v) is 33.7. The average molecular weight is 791 g/mol. The molecule has 0 radical (unpaired) electrons. The van der Waals surface area contributed by atoms with Crippen molar-refractivity contribution in [3.63, 3.8) is 0 Å². The summed E-state index contributed by atoms with van der Waals surface area (Å²) in [6.45, 7) is 0. The molecule has 1 aliphatic carbocycles. The first kappa shape index (κ1) is 35.8. The Morgan fingerprint density at radius 3 is 1.63 bits per heavy atom. The van der Waals surface area contributed by atoms with Gasteiger partial charge in [-0.05, 0) is 92.0 Å². The number of fused-ring (bicyclic) bond motifs is 6. The summed E-state index contributed by atoms with van der Waals surface area (Å²) in [6, 6.07) is 82.3. The molecule has 3 nitrogen and oxygen atoms in total. The number of aromatic nitrogens is 2. The monoisotopic (exact) mass is 790 g/mol. The summed E-state index contributed by atoms with van der Waals surface area (Å²) >= 11 is 0. The Kier molecular flexibility index (Phi) is 8.39. The molecule has 0 atom stereocenters. The summed E-state index contributed by atoms with van der Waals surface area (Å²) < 4.78 is 6.28. The Morgan fingerprint density at radius 1 is 0.306 bits per heavy atom. The van der Waals surface area contributed by atoms with E-state index in [-0.39, 0.29) is 0 Å². The molecule has 62 heavy (non-hydrogen) atoms. The summed E-state index contributed by atoms with van der Waals surface area (Å²) in [5.41, 5.74) is 17.9. The van der Waals surface area contributed by atoms with E-state index in [0.29, 0.717) is 5.82 Å². The van der Waals surface area contributed by atoms with Crippen molar-refractivity contribution >= 4 is 21.9 Å². The van der Waals surface area contributed by atoms with Gasteiger partial charge in [0.15, 0.2) is 5.82 Å². The SMILES string of the molecule is c1ccc(-c2ccc(-c3cc(-c4ccc5c(c4)C(c4ccccc4)(c4ccccc4)c4ccccc4-5)nc(-c4ccccc4)n3)c(-c3ccc4oc5ccccc5c4c3)c2)cc1. The maximum absolute atomic E-state index is 6.28. The third-order valence-electron chi connectivity index (χ3n) is 12.6. The predicted octanol–water partition coefficient (Wildman–Crippen LogP) is 15.1. The molecule has 0 N–H and O–H groups in total. The minimum Gasteiger partial charge on any atom is -0.456 e. The van der Waals surface area contributed by atoms with Crippen LogP contribution in [-0.2, 0) is 5.41 Å². The molecule has 2 heterocycles. The Hall–Kier alpha value is -8.14. The Labute approximate surface area is 360 Å². The molecule has 0 fully saturated rings. The predicted molar refractivity (Wildman–Crippen MR) is 254 cm³/mol. The standard InChI is InChI=1S/C59H38N2O/c1-5-17-39(18-6-1)41-29-33-48(50(35-41)42-31-34-57-51(36-42)49-26-14-16-28-56(49)62-57)55-38-54(60-58(61-55)40-19-7-2-8-20-40)43-30-32-47-46-25-13-15-27-52(46)59(53(47)37-43,44-21-9-3-10-22-44)45-23-11-4-12-24-45/h1-38H. The fraction of sp³-hybridized carbons (Fsp3) is 0.0169. The van der Waals surface area contributed by atoms with Crippen molar-refractivity contribution in [1.29, 1.82) is 0 Å². The van der Waals surface area contributed by atoms with E-state index in [9.17, 15) is 0 Å². The second kappa shape index (κ2) is 14.5. The van der Waals surface area contributed by atoms with Crippen molar-refractivity contribution in [3.8, 4) is 67.3 Å². The van der Waals surface area contributed by atoms with Gasteiger partial charge in [-0.25, -0.2) is 9.97 Å². The summed E-state index contributed by atoms with van der Waals surface area (Å²) in [4.78, 5) is 10.8. The highest BCUT2D eigenvalue weighted by molar-refractivity contribution is 6.07. The average Bonchev–Trinajstić information content (AvgIpc) is 3.88. The summed E-state index contributed by atoms with van der Waals surface area (Å²) in [7, 11) is 0. The molecule has 11 aromatic rings. The quantitative estimate of drug-likeness (QED) is 0.161. The second-order valence-electron chi connectivity index (χ2n) is 16.1. The minimum absolute atomic E-state index is 0.529. The highest BCUT2D eigenvalue weighted by Gasteiger charge is 2.46. The van der Waals surface area contributed by atoms with Gasteiger partial charge < -0.3 is 4.42 Å². The van der Waals surface area contributed by atoms with Gasteiger partial charge in [0.25, 0.3) is 0 Å². The van der Waals surface area contributed by atoms with E-state index in [1.807, 2.05) is 18.2 Å². The van der Waals surface area contributed by atoms with Gasteiger partial charge in [0, 0.05) is 27.5 Å². The van der Waals surface area contributed by atoms with E-state index >= 15 is 0 Å². The van der Waals surface area contributed by atoms with Crippen LogP contribution < -0.4 is 0 Å². The second-order valence-corrected chi connectivity index (χ2v) is 16.1. The van der Waals surface area contributed by atoms with Crippen molar-refractivity contribution in [3.05, 3.63) is 253 Å². The van der Waals surface area contributed by atoms with Crippen LogP contribution in [0.1, 0.15) is 22.3 Å². The van der Waals surface area contributed by atoms with Crippen LogP contribution >= 0.6 is 0 Å². The molecule has 3 heteroatoms. The maximum Gasteiger partial charge on any atom is 0.160 e. The van der Waals surface area contributed by atoms with Gasteiger partial charge in [-0.2, -0.15) is 0 Å². The third kappa shape index (κ3) is 5.74. The van der Waals surface area contributed by atoms with Crippen molar-refractivity contribution < 1.29 is 4.42 Å². The zero-order chi connectivity index (χ0) is 41.0. The van der Waals surface area contributed by atoms with E-state index in [4.69, 9.17) is 14.4 Å². The number of furan rings is 1. The van der Waals surface area contributed by atoms with Gasteiger partial charge in [-0.3, -0.25) is 0 Å². The Balaban J connectivity index is 1.10. The number of hydrogen-bond donors (Lipinski definition) is 0. The van der Waals surface area contributed by atoms with Crippen molar-refractivity contribution in [1.82, 2.24) is 9.97 Å². The molecule has 0 saturated carbocycles. The van der Waals surface area contributed by atoms with Crippen molar-refractivity contribution in [2.24, 2.45) is 0 Å². The fourth-order valence-electron chi connectivity index (χ4n) is 9.76. The van der Waals surface area contributed by atoms with E-state index in [2.05, 4.69) is 212 Å². The highest BCUT2D eigenvalue weighted by Crippen LogP contribution is 2.56. The summed E-state index contributed by atoms with van der Waals surface area (Å²) in [5, 5.41) is 2.18. The first-order valence-electron chi connectivity index (χ1n) is 21.1. The molecule has 0 unspecified atom stereocenters. The molecule has 0 amide bonds. The first-order chi connectivity index (χ1) is 30.7. The lowest BCUT2D eigenvalue weighted by atomic mass is 9.67. The van der Waals surface area contributed by atoms with Crippen molar-refractivity contribution in [2.75, 3.05) is 0 Å². The summed E-state index contributed by atoms with van der Waals surface area (Å²) in [5.74, 6) is 0.675. The molecule has 0 bridgehead atoms. The molecule has 12 rings (SSSR count). The number of hydrogen-bond acceptors (Lipinski definition) is 3. The van der Waals surface area contributed by atoms with E-state index in [1.165, 1.54) is 33.4 Å². The van der Waals surface area contributed by atoms with E-state index in [1.54, 1.807) is 0 Å². The molecule has 0 saturated heterocycles. The van der Waals surface area contributed by atoms with Crippen LogP contribution in [0.4, 0.5) is 0 Å². The van der Waals surface area contributed by atoms with Gasteiger partial charge in [-0.1, -0.05) is 194 Å². The van der Waals surface area contributed by atoms with E-state index in [0.717, 1.165) is 72.3 Å². The maximum atomic E-state index is 6.28. The van der Waals surface area contributed by atoms with Crippen LogP contribution in [-0.4, -0.2) is 9.97 Å². The Morgan fingerprint density at radius 2 is 0.871 bits per heavy atom. The molecular weight excluding hydrogens is 753 g/mol. The van der Waals surface area contributed by atoms with Gasteiger partial charge in [0.1, 0.15) is 11.2 Å². The van der Waals surface area contributed by atoms with Crippen LogP contribution in [0.15, 0.2) is 235 Å². The first-order valence-corrected chi connectivity index (χ1v) is 21.1. The lowest BCUT2D eigenvalue weighted by Crippen LogP contribution is -2.28. The van der Waals surface area contributed by atoms with Crippen LogP contribution in [0.3, 0.4) is 0 Å². The molecular formula is C59H38N2O. The highest BCUT2D eigenvalue weighted by atomic mass is 16.3. The number of rotatable bonds is 7. The lowest BCUT2D eigenvalue weighted by Gasteiger charge is -2.34.